The van der Waals surface area contributed by atoms with Gasteiger partial charge in [0.15, 0.2) is 5.78 Å². The quantitative estimate of drug-likeness (QED) is 0.416. The van der Waals surface area contributed by atoms with Crippen LogP contribution in [0.25, 0.3) is 0 Å². The highest BCUT2D eigenvalue weighted by molar-refractivity contribution is 5.94. The van der Waals surface area contributed by atoms with Crippen LogP contribution in [-0.4, -0.2) is 51.5 Å². The summed E-state index contributed by atoms with van der Waals surface area (Å²) >= 11 is 0. The van der Waals surface area contributed by atoms with E-state index in [1.54, 1.807) is 0 Å². The molecule has 1 rings (SSSR count). The van der Waals surface area contributed by atoms with Crippen LogP contribution in [-0.2, 0) is 20.9 Å². The number of nitrogens with zero attached hydrogens (tertiary/aromatic N) is 3. The van der Waals surface area contributed by atoms with Crippen LogP contribution in [0.1, 0.15) is 77.7 Å². The van der Waals surface area contributed by atoms with Crippen molar-refractivity contribution >= 4 is 23.4 Å². The molecule has 9 nitrogen and oxygen atoms in total. The van der Waals surface area contributed by atoms with Crippen molar-refractivity contribution < 1.29 is 19.2 Å². The van der Waals surface area contributed by atoms with Crippen LogP contribution >= 0.6 is 0 Å². The first-order valence-electron chi connectivity index (χ1n) is 10.3. The third-order valence-electron chi connectivity index (χ3n) is 4.42. The molecule has 0 atom stereocenters. The van der Waals surface area contributed by atoms with Gasteiger partial charge in [0, 0.05) is 36.8 Å². The molecule has 2 amide bonds. The lowest BCUT2D eigenvalue weighted by atomic mass is 9.88. The minimum absolute atomic E-state index is 0.0465. The van der Waals surface area contributed by atoms with E-state index >= 15 is 0 Å². The molecule has 1 aromatic rings. The Balaban J connectivity index is 2.32. The molecular weight excluding hydrogens is 386 g/mol. The number of ketones is 2. The third kappa shape index (κ3) is 9.28. The summed E-state index contributed by atoms with van der Waals surface area (Å²) in [7, 11) is 0. The zero-order valence-corrected chi connectivity index (χ0v) is 19.0. The summed E-state index contributed by atoms with van der Waals surface area (Å²) in [5.41, 5.74) is -0.637. The predicted molar refractivity (Wildman–Crippen MR) is 113 cm³/mol. The average molecular weight is 422 g/mol. The van der Waals surface area contributed by atoms with E-state index in [-0.39, 0.29) is 47.5 Å². The monoisotopic (exact) mass is 421 g/mol. The highest BCUT2D eigenvalue weighted by Gasteiger charge is 2.21. The van der Waals surface area contributed by atoms with Crippen molar-refractivity contribution in [3.8, 4) is 0 Å². The minimum Gasteiger partial charge on any atom is -0.356 e. The number of nitrogens with one attached hydrogen (secondary N) is 2. The van der Waals surface area contributed by atoms with Gasteiger partial charge < -0.3 is 10.6 Å². The molecule has 0 spiro atoms. The maximum atomic E-state index is 12.2. The smallest absolute Gasteiger partial charge is 0.241 e. The Labute approximate surface area is 178 Å². The second-order valence-electron chi connectivity index (χ2n) is 9.46. The Bertz CT molecular complexity index is 756. The highest BCUT2D eigenvalue weighted by Crippen LogP contribution is 2.17. The molecule has 0 fully saturated rings. The number of carbonyl (C=O) groups excluding carboxylic acids is 4. The van der Waals surface area contributed by atoms with Gasteiger partial charge in [0.2, 0.25) is 11.8 Å². The van der Waals surface area contributed by atoms with Gasteiger partial charge in [0.1, 0.15) is 18.0 Å². The van der Waals surface area contributed by atoms with Gasteiger partial charge in [0.25, 0.3) is 0 Å². The van der Waals surface area contributed by atoms with Gasteiger partial charge >= 0.3 is 0 Å². The maximum Gasteiger partial charge on any atom is 0.241 e. The first-order chi connectivity index (χ1) is 13.8. The summed E-state index contributed by atoms with van der Waals surface area (Å²) in [4.78, 5) is 47.8. The number of hydrogen-bond acceptors (Lipinski definition) is 6. The lowest BCUT2D eigenvalue weighted by Crippen LogP contribution is -2.35. The van der Waals surface area contributed by atoms with Gasteiger partial charge in [0.05, 0.1) is 6.20 Å². The standard InChI is InChI=1S/C21H35N5O4/c1-20(2,3)17(28)10-8-11-22-18(29)14-26-13-15(24-25-26)16(27)9-7-12-23-19(30)21(4,5)6/h13H,7-12,14H2,1-6H3,(H,22,29)(H,23,30). The fourth-order valence-corrected chi connectivity index (χ4v) is 2.40. The molecule has 9 heteroatoms. The second-order valence-corrected chi connectivity index (χ2v) is 9.46. The minimum atomic E-state index is -0.463. The molecule has 0 radical (unpaired) electrons. The molecule has 0 aromatic carbocycles. The van der Waals surface area contributed by atoms with Crippen LogP contribution in [0.4, 0.5) is 0 Å². The third-order valence-corrected chi connectivity index (χ3v) is 4.42. The number of Topliss-reactive ketones (excluding diaryl/α,β-unsaturated/α-hetero) is 2. The SMILES string of the molecule is CC(C)(C)C(=O)CCCNC(=O)Cn1cc(C(=O)CCCNC(=O)C(C)(C)C)nn1. The molecule has 0 aliphatic heterocycles. The van der Waals surface area contributed by atoms with Crippen molar-refractivity contribution in [1.82, 2.24) is 25.6 Å². The number of hydrogen-bond donors (Lipinski definition) is 2. The summed E-state index contributed by atoms with van der Waals surface area (Å²) in [6.07, 6.45) is 3.17. The van der Waals surface area contributed by atoms with Crippen molar-refractivity contribution in [3.63, 3.8) is 0 Å². The summed E-state index contributed by atoms with van der Waals surface area (Å²) in [6.45, 7) is 11.9. The Kier molecular flexibility index (Phi) is 9.32. The fraction of sp³-hybridized carbons (Fsp3) is 0.714. The Morgan fingerprint density at radius 2 is 1.50 bits per heavy atom. The molecule has 0 saturated carbocycles. The molecule has 0 unspecified atom stereocenters. The summed E-state index contributed by atoms with van der Waals surface area (Å²) in [5.74, 6) is -0.344. The van der Waals surface area contributed by atoms with E-state index in [2.05, 4.69) is 20.9 Å². The molecule has 0 aliphatic rings. The van der Waals surface area contributed by atoms with Crippen molar-refractivity contribution in [2.45, 2.75) is 73.8 Å². The topological polar surface area (TPSA) is 123 Å². The van der Waals surface area contributed by atoms with Crippen molar-refractivity contribution in [2.24, 2.45) is 10.8 Å². The van der Waals surface area contributed by atoms with Gasteiger partial charge in [-0.25, -0.2) is 4.68 Å². The lowest BCUT2D eigenvalue weighted by molar-refractivity contribution is -0.128. The molecule has 1 aromatic heterocycles. The van der Waals surface area contributed by atoms with E-state index in [1.807, 2.05) is 41.5 Å². The molecule has 0 saturated heterocycles. The summed E-state index contributed by atoms with van der Waals surface area (Å²) < 4.78 is 1.31. The first kappa shape index (κ1) is 25.5. The zero-order valence-electron chi connectivity index (χ0n) is 19.0. The number of aromatic nitrogens is 3. The van der Waals surface area contributed by atoms with Crippen LogP contribution in [0.5, 0.6) is 0 Å². The van der Waals surface area contributed by atoms with Crippen LogP contribution < -0.4 is 10.6 Å². The van der Waals surface area contributed by atoms with Crippen LogP contribution in [0.15, 0.2) is 6.20 Å². The van der Waals surface area contributed by atoms with Gasteiger partial charge in [-0.2, -0.15) is 0 Å². The molecular formula is C21H35N5O4. The Morgan fingerprint density at radius 1 is 0.900 bits per heavy atom. The summed E-state index contributed by atoms with van der Waals surface area (Å²) in [6, 6.07) is 0. The highest BCUT2D eigenvalue weighted by atomic mass is 16.2. The Hall–Kier alpha value is -2.58. The van der Waals surface area contributed by atoms with Gasteiger partial charge in [-0.15, -0.1) is 5.10 Å². The van der Waals surface area contributed by atoms with E-state index in [9.17, 15) is 19.2 Å². The van der Waals surface area contributed by atoms with E-state index in [1.165, 1.54) is 10.9 Å². The van der Waals surface area contributed by atoms with Gasteiger partial charge in [-0.05, 0) is 12.8 Å². The van der Waals surface area contributed by atoms with Crippen molar-refractivity contribution in [2.75, 3.05) is 13.1 Å². The van der Waals surface area contributed by atoms with Gasteiger partial charge in [-0.1, -0.05) is 46.8 Å². The largest absolute Gasteiger partial charge is 0.356 e. The fourth-order valence-electron chi connectivity index (χ4n) is 2.40. The molecule has 1 heterocycles. The summed E-state index contributed by atoms with van der Waals surface area (Å²) in [5, 5.41) is 13.2. The molecule has 168 valence electrons. The van der Waals surface area contributed by atoms with Crippen LogP contribution in [0, 0.1) is 10.8 Å². The zero-order chi connectivity index (χ0) is 22.9. The van der Waals surface area contributed by atoms with E-state index in [0.717, 1.165) is 0 Å². The van der Waals surface area contributed by atoms with Crippen molar-refractivity contribution in [1.29, 1.82) is 0 Å². The second kappa shape index (κ2) is 11.0. The van der Waals surface area contributed by atoms with E-state index < -0.39 is 5.41 Å². The van der Waals surface area contributed by atoms with Gasteiger partial charge in [-0.3, -0.25) is 19.2 Å². The van der Waals surface area contributed by atoms with E-state index in [4.69, 9.17) is 0 Å². The molecule has 0 aliphatic carbocycles. The predicted octanol–water partition coefficient (Wildman–Crippen LogP) is 1.91. The lowest BCUT2D eigenvalue weighted by Gasteiger charge is -2.17. The molecule has 30 heavy (non-hydrogen) atoms. The number of rotatable bonds is 11. The number of amides is 2. The first-order valence-corrected chi connectivity index (χ1v) is 10.3. The normalized spacial score (nSPS) is 11.8. The van der Waals surface area contributed by atoms with Crippen LogP contribution in [0.3, 0.4) is 0 Å². The van der Waals surface area contributed by atoms with E-state index in [0.29, 0.717) is 32.4 Å². The average Bonchev–Trinajstić information content (AvgIpc) is 3.08. The van der Waals surface area contributed by atoms with Crippen LogP contribution in [0.2, 0.25) is 0 Å². The Morgan fingerprint density at radius 3 is 2.10 bits per heavy atom. The maximum absolute atomic E-state index is 12.2. The molecule has 2 N–H and O–H groups in total. The van der Waals surface area contributed by atoms with Crippen molar-refractivity contribution in [3.05, 3.63) is 11.9 Å². The molecule has 0 bridgehead atoms. The number of carbonyl (C=O) groups is 4.